The van der Waals surface area contributed by atoms with Gasteiger partial charge in [-0.3, -0.25) is 24.3 Å². The molecule has 0 aliphatic heterocycles. The minimum Gasteiger partial charge on any atom is -0.493 e. The van der Waals surface area contributed by atoms with Crippen LogP contribution in [0.2, 0.25) is 4.34 Å². The molecule has 1 unspecified atom stereocenters. The Kier molecular flexibility index (Phi) is 9.87. The van der Waals surface area contributed by atoms with Gasteiger partial charge in [0.15, 0.2) is 11.5 Å². The third-order valence-electron chi connectivity index (χ3n) is 6.52. The van der Waals surface area contributed by atoms with Gasteiger partial charge >= 0.3 is 5.97 Å². The SMILES string of the molecule is COc1ccc(C(CC(=O)O)C(=O)N(CC(=O)Nc2nc(-c3ccc(Cl)s3)cn2-c2ccccc2)C(C)C)cc1OC. The predicted molar refractivity (Wildman–Crippen MR) is 162 cm³/mol. The van der Waals surface area contributed by atoms with Gasteiger partial charge in [0.2, 0.25) is 17.8 Å². The summed E-state index contributed by atoms with van der Waals surface area (Å²) in [5.74, 6) is -2.12. The highest BCUT2D eigenvalue weighted by Gasteiger charge is 2.32. The number of carboxylic acids is 1. The number of benzene rings is 2. The van der Waals surface area contributed by atoms with Crippen molar-refractivity contribution in [1.82, 2.24) is 14.5 Å². The maximum Gasteiger partial charge on any atom is 0.304 e. The molecule has 4 aromatic rings. The minimum absolute atomic E-state index is 0.267. The molecule has 0 saturated carbocycles. The van der Waals surface area contributed by atoms with E-state index in [0.717, 1.165) is 10.6 Å². The molecule has 0 aliphatic carbocycles. The number of carbonyl (C=O) groups is 3. The van der Waals surface area contributed by atoms with Crippen LogP contribution in [0.4, 0.5) is 5.95 Å². The summed E-state index contributed by atoms with van der Waals surface area (Å²) in [6.07, 6.45) is 1.34. The number of hydrogen-bond donors (Lipinski definition) is 2. The van der Waals surface area contributed by atoms with Gasteiger partial charge < -0.3 is 19.5 Å². The summed E-state index contributed by atoms with van der Waals surface area (Å²) in [6.45, 7) is 3.21. The molecule has 0 spiro atoms. The Balaban J connectivity index is 1.62. The van der Waals surface area contributed by atoms with Crippen molar-refractivity contribution >= 4 is 46.7 Å². The van der Waals surface area contributed by atoms with Gasteiger partial charge in [0, 0.05) is 17.9 Å². The van der Waals surface area contributed by atoms with E-state index < -0.39 is 36.2 Å². The first-order valence-corrected chi connectivity index (χ1v) is 14.2. The molecule has 220 valence electrons. The summed E-state index contributed by atoms with van der Waals surface area (Å²) in [5.41, 5.74) is 1.84. The van der Waals surface area contributed by atoms with Crippen molar-refractivity contribution in [3.8, 4) is 27.8 Å². The summed E-state index contributed by atoms with van der Waals surface area (Å²) < 4.78 is 13.0. The number of amides is 2. The first kappa shape index (κ1) is 30.6. The molecule has 1 atom stereocenters. The van der Waals surface area contributed by atoms with Crippen LogP contribution < -0.4 is 14.8 Å². The number of aromatic nitrogens is 2. The van der Waals surface area contributed by atoms with E-state index in [1.54, 1.807) is 48.9 Å². The molecule has 2 aromatic carbocycles. The molecule has 0 aliphatic rings. The van der Waals surface area contributed by atoms with Crippen molar-refractivity contribution in [2.24, 2.45) is 0 Å². The number of nitrogens with zero attached hydrogens (tertiary/aromatic N) is 3. The second-order valence-electron chi connectivity index (χ2n) is 9.63. The lowest BCUT2D eigenvalue weighted by molar-refractivity contribution is -0.143. The van der Waals surface area contributed by atoms with Crippen LogP contribution in [0.15, 0.2) is 66.9 Å². The number of anilines is 1. The number of para-hydroxylation sites is 1. The second-order valence-corrected chi connectivity index (χ2v) is 11.3. The van der Waals surface area contributed by atoms with E-state index in [4.69, 9.17) is 21.1 Å². The van der Waals surface area contributed by atoms with Crippen LogP contribution in [0.25, 0.3) is 16.3 Å². The van der Waals surface area contributed by atoms with Crippen LogP contribution in [0.1, 0.15) is 31.7 Å². The number of halogens is 1. The van der Waals surface area contributed by atoms with Gasteiger partial charge in [-0.25, -0.2) is 4.98 Å². The topological polar surface area (TPSA) is 123 Å². The number of nitrogens with one attached hydrogen (secondary N) is 1. The van der Waals surface area contributed by atoms with Crippen molar-refractivity contribution in [3.63, 3.8) is 0 Å². The van der Waals surface area contributed by atoms with Gasteiger partial charge in [-0.05, 0) is 55.8 Å². The monoisotopic (exact) mass is 610 g/mol. The number of carbonyl (C=O) groups excluding carboxylic acids is 2. The van der Waals surface area contributed by atoms with Crippen molar-refractivity contribution in [1.29, 1.82) is 0 Å². The summed E-state index contributed by atoms with van der Waals surface area (Å²) >= 11 is 7.50. The fourth-order valence-electron chi connectivity index (χ4n) is 4.45. The van der Waals surface area contributed by atoms with Gasteiger partial charge in [-0.1, -0.05) is 35.9 Å². The fourth-order valence-corrected chi connectivity index (χ4v) is 5.45. The Morgan fingerprint density at radius 1 is 1.05 bits per heavy atom. The Labute approximate surface area is 252 Å². The first-order chi connectivity index (χ1) is 20.1. The van der Waals surface area contributed by atoms with E-state index in [9.17, 15) is 19.5 Å². The highest BCUT2D eigenvalue weighted by Crippen LogP contribution is 2.34. The number of ether oxygens (including phenoxy) is 2. The number of thiophene rings is 1. The molecule has 10 nitrogen and oxygen atoms in total. The molecule has 2 amide bonds. The van der Waals surface area contributed by atoms with Crippen LogP contribution in [0, 0.1) is 0 Å². The van der Waals surface area contributed by atoms with E-state index in [2.05, 4.69) is 10.3 Å². The fraction of sp³-hybridized carbons (Fsp3) is 0.267. The molecule has 0 bridgehead atoms. The smallest absolute Gasteiger partial charge is 0.304 e. The molecular weight excluding hydrogens is 580 g/mol. The molecule has 0 radical (unpaired) electrons. The van der Waals surface area contributed by atoms with Crippen molar-refractivity contribution < 1.29 is 29.0 Å². The summed E-state index contributed by atoms with van der Waals surface area (Å²) in [4.78, 5) is 45.8. The van der Waals surface area contributed by atoms with E-state index in [-0.39, 0.29) is 12.5 Å². The van der Waals surface area contributed by atoms with Crippen LogP contribution >= 0.6 is 22.9 Å². The second kappa shape index (κ2) is 13.5. The maximum atomic E-state index is 13.8. The molecule has 42 heavy (non-hydrogen) atoms. The maximum absolute atomic E-state index is 13.8. The number of rotatable bonds is 12. The quantitative estimate of drug-likeness (QED) is 0.211. The van der Waals surface area contributed by atoms with Gasteiger partial charge in [0.25, 0.3) is 0 Å². The highest BCUT2D eigenvalue weighted by molar-refractivity contribution is 7.19. The zero-order valence-electron chi connectivity index (χ0n) is 23.5. The molecule has 12 heteroatoms. The number of hydrogen-bond acceptors (Lipinski definition) is 7. The van der Waals surface area contributed by atoms with E-state index in [1.807, 2.05) is 36.4 Å². The Morgan fingerprint density at radius 2 is 1.76 bits per heavy atom. The normalized spacial score (nSPS) is 11.7. The zero-order chi connectivity index (χ0) is 30.4. The average molecular weight is 611 g/mol. The lowest BCUT2D eigenvalue weighted by Gasteiger charge is -2.30. The van der Waals surface area contributed by atoms with Crippen LogP contribution in [-0.4, -0.2) is 64.1 Å². The van der Waals surface area contributed by atoms with Crippen molar-refractivity contribution in [2.75, 3.05) is 26.1 Å². The van der Waals surface area contributed by atoms with Crippen molar-refractivity contribution in [2.45, 2.75) is 32.2 Å². The summed E-state index contributed by atoms with van der Waals surface area (Å²) in [7, 11) is 2.94. The van der Waals surface area contributed by atoms with Crippen LogP contribution in [-0.2, 0) is 14.4 Å². The summed E-state index contributed by atoms with van der Waals surface area (Å²) in [6, 6.07) is 17.4. The standard InChI is InChI=1S/C30H31ClN4O6S/c1-18(2)34(29(39)21(15-28(37)38)19-10-11-23(40-3)24(14-19)41-4)17-27(36)33-30-32-22(25-12-13-26(31)42-25)16-35(30)20-8-6-5-7-9-20/h5-14,16,18,21H,15,17H2,1-4H3,(H,37,38)(H,32,33,36). The number of aliphatic carboxylic acids is 1. The molecule has 2 heterocycles. The molecule has 0 fully saturated rings. The first-order valence-electron chi connectivity index (χ1n) is 13.1. The van der Waals surface area contributed by atoms with Gasteiger partial charge in [-0.2, -0.15) is 0 Å². The number of imidazole rings is 1. The van der Waals surface area contributed by atoms with E-state index in [1.165, 1.54) is 30.5 Å². The lowest BCUT2D eigenvalue weighted by atomic mass is 9.93. The third kappa shape index (κ3) is 7.10. The minimum atomic E-state index is -1.15. The van der Waals surface area contributed by atoms with Gasteiger partial charge in [0.05, 0.1) is 35.8 Å². The zero-order valence-corrected chi connectivity index (χ0v) is 25.1. The predicted octanol–water partition coefficient (Wildman–Crippen LogP) is 5.71. The largest absolute Gasteiger partial charge is 0.493 e. The lowest BCUT2D eigenvalue weighted by Crippen LogP contribution is -2.45. The molecule has 0 saturated heterocycles. The number of carboxylic acid groups (broad SMARTS) is 1. The van der Waals surface area contributed by atoms with Crippen LogP contribution in [0.3, 0.4) is 0 Å². The Bertz CT molecular complexity index is 1570. The Morgan fingerprint density at radius 3 is 2.36 bits per heavy atom. The molecule has 2 N–H and O–H groups in total. The van der Waals surface area contributed by atoms with Gasteiger partial charge in [0.1, 0.15) is 12.2 Å². The van der Waals surface area contributed by atoms with E-state index >= 15 is 0 Å². The average Bonchev–Trinajstić information content (AvgIpc) is 3.60. The summed E-state index contributed by atoms with van der Waals surface area (Å²) in [5, 5.41) is 12.5. The number of methoxy groups -OCH3 is 2. The van der Waals surface area contributed by atoms with Crippen LogP contribution in [0.5, 0.6) is 11.5 Å². The Hall–Kier alpha value is -4.35. The molecule has 2 aromatic heterocycles. The van der Waals surface area contributed by atoms with Gasteiger partial charge in [-0.15, -0.1) is 11.3 Å². The van der Waals surface area contributed by atoms with E-state index in [0.29, 0.717) is 27.1 Å². The molecular formula is C30H31ClN4O6S. The van der Waals surface area contributed by atoms with Crippen molar-refractivity contribution in [3.05, 3.63) is 76.8 Å². The third-order valence-corrected chi connectivity index (χ3v) is 7.78. The molecule has 4 rings (SSSR count). The highest BCUT2D eigenvalue weighted by atomic mass is 35.5.